The molecule has 0 unspecified atom stereocenters. The van der Waals surface area contributed by atoms with Crippen LogP contribution in [0.2, 0.25) is 5.15 Å². The van der Waals surface area contributed by atoms with Crippen LogP contribution < -0.4 is 5.32 Å². The van der Waals surface area contributed by atoms with Crippen LogP contribution in [0, 0.1) is 0 Å². The zero-order valence-corrected chi connectivity index (χ0v) is 9.57. The Morgan fingerprint density at radius 3 is 2.94 bits per heavy atom. The second-order valence-electron chi connectivity index (χ2n) is 3.64. The number of nitrogens with zero attached hydrogens (tertiary/aromatic N) is 3. The van der Waals surface area contributed by atoms with E-state index in [0.717, 1.165) is 26.1 Å². The normalized spacial score (nSPS) is 16.9. The smallest absolute Gasteiger partial charge is 0.274 e. The molecule has 0 atom stereocenters. The molecule has 1 fully saturated rings. The molecule has 0 aromatic carbocycles. The van der Waals surface area contributed by atoms with E-state index in [1.165, 1.54) is 0 Å². The molecule has 16 heavy (non-hydrogen) atoms. The van der Waals surface area contributed by atoms with Crippen LogP contribution in [0.4, 0.5) is 0 Å². The summed E-state index contributed by atoms with van der Waals surface area (Å²) in [6, 6.07) is 3.19. The van der Waals surface area contributed by atoms with Gasteiger partial charge in [0.25, 0.3) is 5.91 Å². The molecule has 1 aliphatic rings. The largest absolute Gasteiger partial charge is 0.336 e. The van der Waals surface area contributed by atoms with Gasteiger partial charge in [0.15, 0.2) is 10.8 Å². The van der Waals surface area contributed by atoms with Gasteiger partial charge in [-0.05, 0) is 25.1 Å². The molecule has 0 radical (unpaired) electrons. The van der Waals surface area contributed by atoms with Crippen LogP contribution in [-0.4, -0.2) is 47.2 Å². The summed E-state index contributed by atoms with van der Waals surface area (Å²) < 4.78 is 0. The van der Waals surface area contributed by atoms with Crippen LogP contribution in [0.5, 0.6) is 0 Å². The third-order valence-electron chi connectivity index (χ3n) is 2.48. The standard InChI is InChI=1S/C10H13ClN4O/c11-9-3-2-8(13-14-9)10(16)15-6-1-4-12-5-7-15/h2-3,12H,1,4-7H2. The number of rotatable bonds is 1. The Kier molecular flexibility index (Phi) is 3.69. The number of hydrogen-bond donors (Lipinski definition) is 1. The summed E-state index contributed by atoms with van der Waals surface area (Å²) in [6.07, 6.45) is 0.965. The van der Waals surface area contributed by atoms with Gasteiger partial charge >= 0.3 is 0 Å². The van der Waals surface area contributed by atoms with Crippen molar-refractivity contribution in [2.45, 2.75) is 6.42 Å². The van der Waals surface area contributed by atoms with Crippen molar-refractivity contribution < 1.29 is 4.79 Å². The molecule has 1 aliphatic heterocycles. The molecule has 2 rings (SSSR count). The Morgan fingerprint density at radius 1 is 1.31 bits per heavy atom. The lowest BCUT2D eigenvalue weighted by molar-refractivity contribution is 0.0759. The quantitative estimate of drug-likeness (QED) is 0.780. The molecule has 1 N–H and O–H groups in total. The Morgan fingerprint density at radius 2 is 2.19 bits per heavy atom. The number of halogens is 1. The average Bonchev–Trinajstić information content (AvgIpc) is 2.57. The number of hydrogen-bond acceptors (Lipinski definition) is 4. The first-order valence-corrected chi connectivity index (χ1v) is 5.64. The summed E-state index contributed by atoms with van der Waals surface area (Å²) in [5, 5.41) is 11.0. The van der Waals surface area contributed by atoms with Crippen molar-refractivity contribution in [2.24, 2.45) is 0 Å². The minimum atomic E-state index is -0.0760. The summed E-state index contributed by atoms with van der Waals surface area (Å²) in [7, 11) is 0. The van der Waals surface area contributed by atoms with Crippen molar-refractivity contribution in [3.8, 4) is 0 Å². The molecule has 6 heteroatoms. The van der Waals surface area contributed by atoms with E-state index < -0.39 is 0 Å². The predicted octanol–water partition coefficient (Wildman–Crippen LogP) is 0.565. The third-order valence-corrected chi connectivity index (χ3v) is 2.68. The Balaban J connectivity index is 2.08. The molecular weight excluding hydrogens is 228 g/mol. The van der Waals surface area contributed by atoms with Gasteiger partial charge in [0.2, 0.25) is 0 Å². The minimum absolute atomic E-state index is 0.0760. The van der Waals surface area contributed by atoms with E-state index in [2.05, 4.69) is 15.5 Å². The zero-order chi connectivity index (χ0) is 11.4. The molecule has 86 valence electrons. The molecule has 1 aromatic rings. The fourth-order valence-corrected chi connectivity index (χ4v) is 1.74. The highest BCUT2D eigenvalue weighted by molar-refractivity contribution is 6.29. The van der Waals surface area contributed by atoms with Crippen LogP contribution in [0.25, 0.3) is 0 Å². The van der Waals surface area contributed by atoms with Crippen LogP contribution in [-0.2, 0) is 0 Å². The molecule has 5 nitrogen and oxygen atoms in total. The maximum absolute atomic E-state index is 12.0. The Hall–Kier alpha value is -1.20. The van der Waals surface area contributed by atoms with Crippen molar-refractivity contribution in [1.29, 1.82) is 0 Å². The van der Waals surface area contributed by atoms with Gasteiger partial charge in [0.1, 0.15) is 0 Å². The first-order valence-electron chi connectivity index (χ1n) is 5.26. The molecule has 1 saturated heterocycles. The van der Waals surface area contributed by atoms with E-state index in [4.69, 9.17) is 11.6 Å². The van der Waals surface area contributed by atoms with Crippen molar-refractivity contribution >= 4 is 17.5 Å². The lowest BCUT2D eigenvalue weighted by atomic mass is 10.3. The van der Waals surface area contributed by atoms with Gasteiger partial charge in [-0.2, -0.15) is 0 Å². The molecule has 0 saturated carbocycles. The number of carbonyl (C=O) groups is 1. The minimum Gasteiger partial charge on any atom is -0.336 e. The molecule has 0 spiro atoms. The Bertz CT molecular complexity index is 360. The van der Waals surface area contributed by atoms with Gasteiger partial charge < -0.3 is 10.2 Å². The van der Waals surface area contributed by atoms with Gasteiger partial charge in [-0.3, -0.25) is 4.79 Å². The van der Waals surface area contributed by atoms with Crippen LogP contribution in [0.15, 0.2) is 12.1 Å². The monoisotopic (exact) mass is 240 g/mol. The summed E-state index contributed by atoms with van der Waals surface area (Å²) in [5.74, 6) is -0.0760. The number of amides is 1. The van der Waals surface area contributed by atoms with E-state index in [1.807, 2.05) is 0 Å². The summed E-state index contributed by atoms with van der Waals surface area (Å²) in [5.41, 5.74) is 0.353. The second kappa shape index (κ2) is 5.23. The summed E-state index contributed by atoms with van der Waals surface area (Å²) in [4.78, 5) is 13.8. The van der Waals surface area contributed by atoms with Crippen molar-refractivity contribution in [3.63, 3.8) is 0 Å². The highest BCUT2D eigenvalue weighted by Crippen LogP contribution is 2.06. The van der Waals surface area contributed by atoms with E-state index >= 15 is 0 Å². The molecule has 1 aromatic heterocycles. The Labute approximate surface area is 98.8 Å². The lowest BCUT2D eigenvalue weighted by Crippen LogP contribution is -2.34. The number of carbonyl (C=O) groups excluding carboxylic acids is 1. The predicted molar refractivity (Wildman–Crippen MR) is 60.4 cm³/mol. The van der Waals surface area contributed by atoms with Gasteiger partial charge in [0, 0.05) is 19.6 Å². The van der Waals surface area contributed by atoms with Gasteiger partial charge in [-0.25, -0.2) is 0 Å². The van der Waals surface area contributed by atoms with Crippen LogP contribution in [0.1, 0.15) is 16.9 Å². The average molecular weight is 241 g/mol. The van der Waals surface area contributed by atoms with Crippen LogP contribution in [0.3, 0.4) is 0 Å². The van der Waals surface area contributed by atoms with E-state index in [-0.39, 0.29) is 5.91 Å². The molecule has 1 amide bonds. The van der Waals surface area contributed by atoms with E-state index in [9.17, 15) is 4.79 Å². The van der Waals surface area contributed by atoms with Crippen molar-refractivity contribution in [3.05, 3.63) is 23.0 Å². The van der Waals surface area contributed by atoms with Gasteiger partial charge in [0.05, 0.1) is 0 Å². The van der Waals surface area contributed by atoms with E-state index in [1.54, 1.807) is 17.0 Å². The van der Waals surface area contributed by atoms with Gasteiger partial charge in [-0.15, -0.1) is 10.2 Å². The first kappa shape index (κ1) is 11.3. The molecule has 0 aliphatic carbocycles. The van der Waals surface area contributed by atoms with E-state index in [0.29, 0.717) is 17.4 Å². The van der Waals surface area contributed by atoms with Gasteiger partial charge in [-0.1, -0.05) is 11.6 Å². The maximum Gasteiger partial charge on any atom is 0.274 e. The third kappa shape index (κ3) is 2.68. The summed E-state index contributed by atoms with van der Waals surface area (Å²) in [6.45, 7) is 3.25. The topological polar surface area (TPSA) is 58.1 Å². The lowest BCUT2D eigenvalue weighted by Gasteiger charge is -2.18. The SMILES string of the molecule is O=C(c1ccc(Cl)nn1)N1CCCNCC1. The van der Waals surface area contributed by atoms with Crippen molar-refractivity contribution in [1.82, 2.24) is 20.4 Å². The number of nitrogens with one attached hydrogen (secondary N) is 1. The maximum atomic E-state index is 12.0. The fraction of sp³-hybridized carbons (Fsp3) is 0.500. The number of aromatic nitrogens is 2. The fourth-order valence-electron chi connectivity index (χ4n) is 1.64. The van der Waals surface area contributed by atoms with Crippen LogP contribution >= 0.6 is 11.6 Å². The zero-order valence-electron chi connectivity index (χ0n) is 8.82. The second-order valence-corrected chi connectivity index (χ2v) is 4.02. The molecular formula is C10H13ClN4O. The van der Waals surface area contributed by atoms with Crippen molar-refractivity contribution in [2.75, 3.05) is 26.2 Å². The summed E-state index contributed by atoms with van der Waals surface area (Å²) >= 11 is 5.62. The first-order chi connectivity index (χ1) is 7.77. The highest BCUT2D eigenvalue weighted by Gasteiger charge is 2.18. The highest BCUT2D eigenvalue weighted by atomic mass is 35.5. The molecule has 0 bridgehead atoms. The molecule has 2 heterocycles.